The first-order valence-electron chi connectivity index (χ1n) is 5.94. The molecule has 0 aromatic heterocycles. The van der Waals surface area contributed by atoms with Gasteiger partial charge >= 0.3 is 0 Å². The van der Waals surface area contributed by atoms with Gasteiger partial charge < -0.3 is 14.8 Å². The summed E-state index contributed by atoms with van der Waals surface area (Å²) >= 11 is 6.08. The summed E-state index contributed by atoms with van der Waals surface area (Å²) in [5, 5.41) is 3.77. The number of halogens is 2. The Morgan fingerprint density at radius 1 is 1.39 bits per heavy atom. The van der Waals surface area contributed by atoms with Crippen molar-refractivity contribution in [3.63, 3.8) is 0 Å². The van der Waals surface area contributed by atoms with Gasteiger partial charge in [0, 0.05) is 12.1 Å². The van der Waals surface area contributed by atoms with Gasteiger partial charge in [0.25, 0.3) is 0 Å². The highest BCUT2D eigenvalue weighted by Gasteiger charge is 2.14. The van der Waals surface area contributed by atoms with E-state index in [0.717, 1.165) is 12.1 Å². The van der Waals surface area contributed by atoms with Crippen LogP contribution in [0.2, 0.25) is 5.02 Å². The highest BCUT2D eigenvalue weighted by molar-refractivity contribution is 6.31. The van der Waals surface area contributed by atoms with Crippen LogP contribution in [0.15, 0.2) is 18.2 Å². The molecule has 0 amide bonds. The molecular formula is C13H19ClFNO2. The van der Waals surface area contributed by atoms with Gasteiger partial charge in [-0.15, -0.1) is 0 Å². The zero-order valence-corrected chi connectivity index (χ0v) is 11.5. The van der Waals surface area contributed by atoms with Crippen molar-refractivity contribution in [3.05, 3.63) is 34.6 Å². The van der Waals surface area contributed by atoms with Gasteiger partial charge in [0.1, 0.15) is 5.82 Å². The van der Waals surface area contributed by atoms with Gasteiger partial charge in [-0.25, -0.2) is 4.39 Å². The maximum Gasteiger partial charge on any atom is 0.123 e. The van der Waals surface area contributed by atoms with Crippen LogP contribution in [0.5, 0.6) is 0 Å². The predicted octanol–water partition coefficient (Wildman–Crippen LogP) is 2.79. The zero-order valence-electron chi connectivity index (χ0n) is 10.7. The fourth-order valence-electron chi connectivity index (χ4n) is 1.63. The molecule has 0 heterocycles. The van der Waals surface area contributed by atoms with Crippen LogP contribution in [-0.4, -0.2) is 33.5 Å². The van der Waals surface area contributed by atoms with Gasteiger partial charge in [-0.2, -0.15) is 0 Å². The minimum Gasteiger partial charge on any atom is -0.382 e. The molecule has 0 saturated heterocycles. The summed E-state index contributed by atoms with van der Waals surface area (Å²) < 4.78 is 23.6. The Bertz CT molecular complexity index is 363. The van der Waals surface area contributed by atoms with E-state index in [2.05, 4.69) is 5.32 Å². The maximum atomic E-state index is 13.2. The Morgan fingerprint density at radius 2 is 2.17 bits per heavy atom. The summed E-state index contributed by atoms with van der Waals surface area (Å²) in [6.45, 7) is 4.21. The van der Waals surface area contributed by atoms with Gasteiger partial charge in [-0.3, -0.25) is 0 Å². The van der Waals surface area contributed by atoms with Gasteiger partial charge in [0.15, 0.2) is 0 Å². The predicted molar refractivity (Wildman–Crippen MR) is 70.5 cm³/mol. The topological polar surface area (TPSA) is 30.5 Å². The molecule has 1 unspecified atom stereocenters. The van der Waals surface area contributed by atoms with E-state index in [1.54, 1.807) is 13.2 Å². The number of rotatable bonds is 8. The fraction of sp³-hybridized carbons (Fsp3) is 0.538. The van der Waals surface area contributed by atoms with E-state index in [1.165, 1.54) is 12.1 Å². The number of hydrogen-bond acceptors (Lipinski definition) is 3. The number of hydrogen-bond donors (Lipinski definition) is 1. The van der Waals surface area contributed by atoms with Crippen molar-refractivity contribution in [2.45, 2.75) is 13.0 Å². The van der Waals surface area contributed by atoms with Crippen LogP contribution >= 0.6 is 11.6 Å². The lowest BCUT2D eigenvalue weighted by Gasteiger charge is -2.19. The number of ether oxygens (including phenoxy) is 2. The van der Waals surface area contributed by atoms with E-state index in [1.807, 2.05) is 6.92 Å². The van der Waals surface area contributed by atoms with Crippen molar-refractivity contribution in [1.82, 2.24) is 5.32 Å². The maximum absolute atomic E-state index is 13.2. The van der Waals surface area contributed by atoms with Crippen LogP contribution in [0.1, 0.15) is 18.5 Å². The molecule has 5 heteroatoms. The van der Waals surface area contributed by atoms with Crippen molar-refractivity contribution in [2.75, 3.05) is 33.5 Å². The molecule has 1 N–H and O–H groups in total. The summed E-state index contributed by atoms with van der Waals surface area (Å²) in [6, 6.07) is 4.23. The number of methoxy groups -OCH3 is 1. The first-order chi connectivity index (χ1) is 8.69. The minimum atomic E-state index is -0.297. The zero-order chi connectivity index (χ0) is 13.4. The normalized spacial score (nSPS) is 12.7. The van der Waals surface area contributed by atoms with E-state index in [4.69, 9.17) is 21.1 Å². The van der Waals surface area contributed by atoms with E-state index >= 15 is 0 Å². The number of benzene rings is 1. The number of nitrogens with one attached hydrogen (secondary N) is 1. The lowest BCUT2D eigenvalue weighted by Crippen LogP contribution is -2.26. The van der Waals surface area contributed by atoms with Crippen LogP contribution in [0.3, 0.4) is 0 Å². The standard InChI is InChI=1S/C13H19ClFNO2/c1-3-16-13(9-18-7-6-17-2)11-8-10(15)4-5-12(11)14/h4-5,8,13,16H,3,6-7,9H2,1-2H3. The van der Waals surface area contributed by atoms with Crippen molar-refractivity contribution < 1.29 is 13.9 Å². The second kappa shape index (κ2) is 8.43. The third kappa shape index (κ3) is 4.90. The Hall–Kier alpha value is -0.680. The molecule has 18 heavy (non-hydrogen) atoms. The summed E-state index contributed by atoms with van der Waals surface area (Å²) in [5.74, 6) is -0.297. The molecule has 0 bridgehead atoms. The summed E-state index contributed by atoms with van der Waals surface area (Å²) in [7, 11) is 1.62. The molecule has 0 aliphatic carbocycles. The van der Waals surface area contributed by atoms with Crippen LogP contribution in [0.4, 0.5) is 4.39 Å². The van der Waals surface area contributed by atoms with Crippen LogP contribution in [0.25, 0.3) is 0 Å². The van der Waals surface area contributed by atoms with Crippen LogP contribution in [-0.2, 0) is 9.47 Å². The molecule has 0 aliphatic heterocycles. The first-order valence-corrected chi connectivity index (χ1v) is 6.31. The smallest absolute Gasteiger partial charge is 0.123 e. The summed E-state index contributed by atoms with van der Waals surface area (Å²) in [4.78, 5) is 0. The molecule has 1 rings (SSSR count). The molecule has 0 spiro atoms. The van der Waals surface area contributed by atoms with Crippen molar-refractivity contribution in [3.8, 4) is 0 Å². The molecule has 0 saturated carbocycles. The molecule has 3 nitrogen and oxygen atoms in total. The Labute approximate surface area is 112 Å². The second-order valence-electron chi connectivity index (χ2n) is 3.84. The van der Waals surface area contributed by atoms with Gasteiger partial charge in [0.2, 0.25) is 0 Å². The van der Waals surface area contributed by atoms with Gasteiger partial charge in [-0.05, 0) is 30.3 Å². The van der Waals surface area contributed by atoms with Crippen molar-refractivity contribution in [1.29, 1.82) is 0 Å². The van der Waals surface area contributed by atoms with E-state index in [9.17, 15) is 4.39 Å². The molecule has 1 aromatic rings. The quantitative estimate of drug-likeness (QED) is 0.740. The van der Waals surface area contributed by atoms with Crippen LogP contribution < -0.4 is 5.32 Å². The minimum absolute atomic E-state index is 0.116. The second-order valence-corrected chi connectivity index (χ2v) is 4.25. The average molecular weight is 276 g/mol. The summed E-state index contributed by atoms with van der Waals surface area (Å²) in [6.07, 6.45) is 0. The van der Waals surface area contributed by atoms with E-state index in [0.29, 0.717) is 24.8 Å². The van der Waals surface area contributed by atoms with E-state index < -0.39 is 0 Å². The van der Waals surface area contributed by atoms with Crippen molar-refractivity contribution in [2.24, 2.45) is 0 Å². The average Bonchev–Trinajstić information content (AvgIpc) is 2.36. The third-order valence-corrected chi connectivity index (χ3v) is 2.84. The summed E-state index contributed by atoms with van der Waals surface area (Å²) in [5.41, 5.74) is 0.718. The monoisotopic (exact) mass is 275 g/mol. The molecular weight excluding hydrogens is 257 g/mol. The molecule has 1 atom stereocenters. The third-order valence-electron chi connectivity index (χ3n) is 2.50. The van der Waals surface area contributed by atoms with Crippen molar-refractivity contribution >= 4 is 11.6 Å². The SMILES string of the molecule is CCNC(COCCOC)c1cc(F)ccc1Cl. The van der Waals surface area contributed by atoms with Gasteiger partial charge in [-0.1, -0.05) is 18.5 Å². The first kappa shape index (κ1) is 15.4. The molecule has 0 aliphatic rings. The highest BCUT2D eigenvalue weighted by Crippen LogP contribution is 2.24. The molecule has 0 fully saturated rings. The Morgan fingerprint density at radius 3 is 2.83 bits per heavy atom. The molecule has 102 valence electrons. The highest BCUT2D eigenvalue weighted by atomic mass is 35.5. The Kier molecular flexibility index (Phi) is 7.20. The van der Waals surface area contributed by atoms with E-state index in [-0.39, 0.29) is 11.9 Å². The lowest BCUT2D eigenvalue weighted by atomic mass is 10.1. The number of likely N-dealkylation sites (N-methyl/N-ethyl adjacent to an activating group) is 1. The molecule has 1 aromatic carbocycles. The lowest BCUT2D eigenvalue weighted by molar-refractivity contribution is 0.0588. The largest absolute Gasteiger partial charge is 0.382 e. The molecule has 0 radical (unpaired) electrons. The fourth-order valence-corrected chi connectivity index (χ4v) is 1.88. The van der Waals surface area contributed by atoms with Gasteiger partial charge in [0.05, 0.1) is 25.9 Å². The van der Waals surface area contributed by atoms with Crippen LogP contribution in [0, 0.1) is 5.82 Å². The Balaban J connectivity index is 2.67.